The molecule has 2 heteroatoms. The van der Waals surface area contributed by atoms with Crippen molar-refractivity contribution >= 4 is 0 Å². The smallest absolute Gasteiger partial charge is 0.120 e. The Balaban J connectivity index is 1.98. The second kappa shape index (κ2) is 6.95. The minimum absolute atomic E-state index is 0.226. The zero-order chi connectivity index (χ0) is 13.7. The molecule has 1 aliphatic carbocycles. The van der Waals surface area contributed by atoms with E-state index in [4.69, 9.17) is 0 Å². The Morgan fingerprint density at radius 1 is 1.11 bits per heavy atom. The standard InChI is InChI=1S/C17H27NO/c1-13-10-11-17(19)16(12-13)14(2)18-15-8-6-4-3-5-7-9-15/h10-12,14-15,18-19H,3-9H2,1-2H3. The van der Waals surface area contributed by atoms with Crippen LogP contribution in [-0.2, 0) is 0 Å². The van der Waals surface area contributed by atoms with E-state index in [0.29, 0.717) is 11.8 Å². The largest absolute Gasteiger partial charge is 0.508 e. The van der Waals surface area contributed by atoms with Gasteiger partial charge < -0.3 is 10.4 Å². The van der Waals surface area contributed by atoms with E-state index >= 15 is 0 Å². The van der Waals surface area contributed by atoms with Gasteiger partial charge in [0, 0.05) is 17.6 Å². The molecule has 2 nitrogen and oxygen atoms in total. The third-order valence-corrected chi connectivity index (χ3v) is 4.24. The maximum atomic E-state index is 10.00. The Hall–Kier alpha value is -1.02. The molecule has 0 aromatic heterocycles. The van der Waals surface area contributed by atoms with Gasteiger partial charge in [-0.1, -0.05) is 49.8 Å². The van der Waals surface area contributed by atoms with Crippen molar-refractivity contribution < 1.29 is 5.11 Å². The number of benzene rings is 1. The van der Waals surface area contributed by atoms with Crippen LogP contribution in [0.15, 0.2) is 18.2 Å². The van der Waals surface area contributed by atoms with E-state index < -0.39 is 0 Å². The van der Waals surface area contributed by atoms with Gasteiger partial charge >= 0.3 is 0 Å². The van der Waals surface area contributed by atoms with Gasteiger partial charge in [-0.25, -0.2) is 0 Å². The van der Waals surface area contributed by atoms with Crippen LogP contribution in [0.1, 0.15) is 69.0 Å². The number of hydrogen-bond donors (Lipinski definition) is 2. The van der Waals surface area contributed by atoms with Crippen molar-refractivity contribution in [3.05, 3.63) is 29.3 Å². The molecule has 1 unspecified atom stereocenters. The van der Waals surface area contributed by atoms with E-state index in [0.717, 1.165) is 5.56 Å². The molecule has 0 heterocycles. The summed E-state index contributed by atoms with van der Waals surface area (Å²) in [5.41, 5.74) is 2.24. The first-order valence-electron chi connectivity index (χ1n) is 7.72. The Kier molecular flexibility index (Phi) is 5.26. The lowest BCUT2D eigenvalue weighted by atomic mass is 9.95. The number of rotatable bonds is 3. The van der Waals surface area contributed by atoms with E-state index in [-0.39, 0.29) is 6.04 Å². The van der Waals surface area contributed by atoms with Gasteiger partial charge in [-0.2, -0.15) is 0 Å². The molecular formula is C17H27NO. The SMILES string of the molecule is Cc1ccc(O)c(C(C)NC2CCCCCCC2)c1. The third-order valence-electron chi connectivity index (χ3n) is 4.24. The lowest BCUT2D eigenvalue weighted by Gasteiger charge is -2.26. The van der Waals surface area contributed by atoms with Crippen LogP contribution in [0.4, 0.5) is 0 Å². The first-order valence-corrected chi connectivity index (χ1v) is 7.72. The quantitative estimate of drug-likeness (QED) is 0.841. The lowest BCUT2D eigenvalue weighted by Crippen LogP contribution is -2.32. The molecule has 1 aromatic rings. The molecule has 0 radical (unpaired) electrons. The highest BCUT2D eigenvalue weighted by atomic mass is 16.3. The molecular weight excluding hydrogens is 234 g/mol. The normalized spacial score (nSPS) is 19.7. The van der Waals surface area contributed by atoms with Crippen molar-refractivity contribution in [1.82, 2.24) is 5.32 Å². The van der Waals surface area contributed by atoms with Crippen LogP contribution >= 0.6 is 0 Å². The average molecular weight is 261 g/mol. The molecule has 1 saturated carbocycles. The minimum atomic E-state index is 0.226. The van der Waals surface area contributed by atoms with Gasteiger partial charge in [-0.3, -0.25) is 0 Å². The molecule has 1 aliphatic rings. The molecule has 0 aliphatic heterocycles. The third kappa shape index (κ3) is 4.24. The van der Waals surface area contributed by atoms with Crippen LogP contribution in [0, 0.1) is 6.92 Å². The van der Waals surface area contributed by atoms with Gasteiger partial charge in [0.05, 0.1) is 0 Å². The fourth-order valence-electron chi connectivity index (χ4n) is 3.09. The molecule has 19 heavy (non-hydrogen) atoms. The summed E-state index contributed by atoms with van der Waals surface area (Å²) in [6.07, 6.45) is 9.38. The summed E-state index contributed by atoms with van der Waals surface area (Å²) in [6, 6.07) is 6.69. The van der Waals surface area contributed by atoms with Gasteiger partial charge in [-0.15, -0.1) is 0 Å². The summed E-state index contributed by atoms with van der Waals surface area (Å²) in [6.45, 7) is 4.23. The van der Waals surface area contributed by atoms with Crippen molar-refractivity contribution in [2.24, 2.45) is 0 Å². The average Bonchev–Trinajstić information content (AvgIpc) is 2.35. The van der Waals surface area contributed by atoms with Crippen molar-refractivity contribution in [3.63, 3.8) is 0 Å². The van der Waals surface area contributed by atoms with Crippen molar-refractivity contribution in [2.75, 3.05) is 0 Å². The Bertz CT molecular complexity index is 394. The summed E-state index contributed by atoms with van der Waals surface area (Å²) < 4.78 is 0. The molecule has 2 N–H and O–H groups in total. The molecule has 2 rings (SSSR count). The Morgan fingerprint density at radius 2 is 1.74 bits per heavy atom. The first kappa shape index (κ1) is 14.4. The van der Waals surface area contributed by atoms with Gasteiger partial charge in [0.2, 0.25) is 0 Å². The Labute approximate surface area is 117 Å². The lowest BCUT2D eigenvalue weighted by molar-refractivity contribution is 0.357. The number of aryl methyl sites for hydroxylation is 1. The van der Waals surface area contributed by atoms with Crippen LogP contribution < -0.4 is 5.32 Å². The van der Waals surface area contributed by atoms with Gasteiger partial charge in [0.15, 0.2) is 0 Å². The molecule has 0 bridgehead atoms. The van der Waals surface area contributed by atoms with E-state index in [1.54, 1.807) is 6.07 Å². The second-order valence-electron chi connectivity index (χ2n) is 5.99. The number of phenolic OH excluding ortho intramolecular Hbond substituents is 1. The monoisotopic (exact) mass is 261 g/mol. The number of phenols is 1. The van der Waals surface area contributed by atoms with Gasteiger partial charge in [0.1, 0.15) is 5.75 Å². The zero-order valence-electron chi connectivity index (χ0n) is 12.3. The molecule has 1 fully saturated rings. The predicted octanol–water partition coefficient (Wildman–Crippen LogP) is 4.46. The summed E-state index contributed by atoms with van der Waals surface area (Å²) in [5.74, 6) is 0.413. The van der Waals surface area contributed by atoms with E-state index in [1.807, 2.05) is 6.07 Å². The van der Waals surface area contributed by atoms with Crippen LogP contribution in [0.5, 0.6) is 5.75 Å². The molecule has 1 aromatic carbocycles. The van der Waals surface area contributed by atoms with E-state index in [2.05, 4.69) is 25.2 Å². The molecule has 0 amide bonds. The minimum Gasteiger partial charge on any atom is -0.508 e. The fourth-order valence-corrected chi connectivity index (χ4v) is 3.09. The maximum absolute atomic E-state index is 10.00. The number of aromatic hydroxyl groups is 1. The van der Waals surface area contributed by atoms with Crippen LogP contribution in [0.25, 0.3) is 0 Å². The highest BCUT2D eigenvalue weighted by Crippen LogP contribution is 2.27. The van der Waals surface area contributed by atoms with Crippen LogP contribution in [0.2, 0.25) is 0 Å². The highest BCUT2D eigenvalue weighted by Gasteiger charge is 2.16. The molecule has 106 valence electrons. The van der Waals surface area contributed by atoms with Gasteiger partial charge in [-0.05, 0) is 32.8 Å². The highest BCUT2D eigenvalue weighted by molar-refractivity contribution is 5.37. The summed E-state index contributed by atoms with van der Waals surface area (Å²) >= 11 is 0. The van der Waals surface area contributed by atoms with Gasteiger partial charge in [0.25, 0.3) is 0 Å². The topological polar surface area (TPSA) is 32.3 Å². The van der Waals surface area contributed by atoms with Crippen molar-refractivity contribution in [3.8, 4) is 5.75 Å². The van der Waals surface area contributed by atoms with Crippen molar-refractivity contribution in [1.29, 1.82) is 0 Å². The number of hydrogen-bond acceptors (Lipinski definition) is 2. The summed E-state index contributed by atoms with van der Waals surface area (Å²) in [4.78, 5) is 0. The molecule has 0 spiro atoms. The number of nitrogens with one attached hydrogen (secondary N) is 1. The molecule has 1 atom stereocenters. The van der Waals surface area contributed by atoms with Crippen LogP contribution in [-0.4, -0.2) is 11.1 Å². The predicted molar refractivity (Wildman–Crippen MR) is 80.5 cm³/mol. The summed E-state index contributed by atoms with van der Waals surface area (Å²) in [7, 11) is 0. The Morgan fingerprint density at radius 3 is 2.42 bits per heavy atom. The maximum Gasteiger partial charge on any atom is 0.120 e. The van der Waals surface area contributed by atoms with Crippen molar-refractivity contribution in [2.45, 2.75) is 70.9 Å². The van der Waals surface area contributed by atoms with E-state index in [9.17, 15) is 5.11 Å². The zero-order valence-corrected chi connectivity index (χ0v) is 12.3. The summed E-state index contributed by atoms with van der Waals surface area (Å²) in [5, 5.41) is 13.7. The first-order chi connectivity index (χ1) is 9.16. The molecule has 0 saturated heterocycles. The van der Waals surface area contributed by atoms with Crippen LogP contribution in [0.3, 0.4) is 0 Å². The second-order valence-corrected chi connectivity index (χ2v) is 5.99. The fraction of sp³-hybridized carbons (Fsp3) is 0.647. The van der Waals surface area contributed by atoms with E-state index in [1.165, 1.54) is 50.5 Å².